The normalized spacial score (nSPS) is 19.8. The van der Waals surface area contributed by atoms with Gasteiger partial charge in [0.25, 0.3) is 0 Å². The highest BCUT2D eigenvalue weighted by Crippen LogP contribution is 2.30. The van der Waals surface area contributed by atoms with Crippen molar-refractivity contribution in [1.29, 1.82) is 0 Å². The molecule has 4 rings (SSSR count). The average molecular weight is 413 g/mol. The van der Waals surface area contributed by atoms with Gasteiger partial charge in [-0.15, -0.1) is 10.2 Å². The van der Waals surface area contributed by atoms with Crippen molar-refractivity contribution >= 4 is 34.0 Å². The third-order valence-electron chi connectivity index (χ3n) is 6.09. The lowest BCUT2D eigenvalue weighted by molar-refractivity contribution is -0.122. The molecule has 2 amide bonds. The topological polar surface area (TPSA) is 75.2 Å². The van der Waals surface area contributed by atoms with Crippen molar-refractivity contribution in [1.82, 2.24) is 10.2 Å². The Morgan fingerprint density at radius 2 is 1.97 bits per heavy atom. The van der Waals surface area contributed by atoms with E-state index in [4.69, 9.17) is 0 Å². The highest BCUT2D eigenvalue weighted by molar-refractivity contribution is 7.15. The van der Waals surface area contributed by atoms with Crippen molar-refractivity contribution in [3.05, 3.63) is 34.8 Å². The molecule has 1 aromatic heterocycles. The van der Waals surface area contributed by atoms with Crippen LogP contribution in [0.4, 0.5) is 10.8 Å². The molecule has 6 nitrogen and oxygen atoms in total. The first-order valence-electron chi connectivity index (χ1n) is 10.6. The summed E-state index contributed by atoms with van der Waals surface area (Å²) in [5.41, 5.74) is 2.09. The molecular formula is C22H28N4O2S. The molecule has 1 saturated carbocycles. The summed E-state index contributed by atoms with van der Waals surface area (Å²) in [6.07, 6.45) is 8.64. The monoisotopic (exact) mass is 412 g/mol. The molecular weight excluding hydrogens is 384 g/mol. The zero-order valence-corrected chi connectivity index (χ0v) is 17.7. The number of nitrogens with zero attached hydrogens (tertiary/aromatic N) is 3. The first-order valence-corrected chi connectivity index (χ1v) is 11.5. The molecule has 1 unspecified atom stereocenters. The standard InChI is InChI=1S/C22H28N4O2S/c1-2-15-7-10-18(11-8-15)26-14-17(13-20(26)27)21(28)23-22-25-24-19(29-22)12-9-16-5-3-4-6-16/h7-8,10-11,16-17H,2-6,9,12-14H2,1H3,(H,23,25,28). The van der Waals surface area contributed by atoms with E-state index in [2.05, 4.69) is 22.4 Å². The quantitative estimate of drug-likeness (QED) is 0.739. The molecule has 1 atom stereocenters. The van der Waals surface area contributed by atoms with Crippen molar-refractivity contribution in [3.8, 4) is 0 Å². The molecule has 1 saturated heterocycles. The second-order valence-corrected chi connectivity index (χ2v) is 9.17. The molecule has 2 fully saturated rings. The van der Waals surface area contributed by atoms with E-state index in [0.717, 1.165) is 35.9 Å². The zero-order chi connectivity index (χ0) is 20.2. The van der Waals surface area contributed by atoms with Gasteiger partial charge in [-0.1, -0.05) is 56.1 Å². The third-order valence-corrected chi connectivity index (χ3v) is 6.99. The summed E-state index contributed by atoms with van der Waals surface area (Å²) in [5, 5.41) is 12.7. The average Bonchev–Trinajstić information content (AvgIpc) is 3.48. The minimum Gasteiger partial charge on any atom is -0.312 e. The number of hydrogen-bond acceptors (Lipinski definition) is 5. The Bertz CT molecular complexity index is 858. The number of aromatic nitrogens is 2. The molecule has 0 radical (unpaired) electrons. The number of amides is 2. The van der Waals surface area contributed by atoms with E-state index in [1.54, 1.807) is 4.90 Å². The van der Waals surface area contributed by atoms with Crippen LogP contribution in [0.15, 0.2) is 24.3 Å². The molecule has 2 heterocycles. The number of nitrogens with one attached hydrogen (secondary N) is 1. The van der Waals surface area contributed by atoms with Crippen LogP contribution in [0.2, 0.25) is 0 Å². The smallest absolute Gasteiger partial charge is 0.231 e. The van der Waals surface area contributed by atoms with Gasteiger partial charge in [0.05, 0.1) is 5.92 Å². The molecule has 29 heavy (non-hydrogen) atoms. The van der Waals surface area contributed by atoms with Crippen LogP contribution in [0.3, 0.4) is 0 Å². The third kappa shape index (κ3) is 4.83. The van der Waals surface area contributed by atoms with Gasteiger partial charge in [-0.25, -0.2) is 0 Å². The Kier molecular flexibility index (Phi) is 6.23. The summed E-state index contributed by atoms with van der Waals surface area (Å²) in [5.74, 6) is 0.298. The van der Waals surface area contributed by atoms with Crippen molar-refractivity contribution < 1.29 is 9.59 Å². The van der Waals surface area contributed by atoms with Gasteiger partial charge in [0.2, 0.25) is 16.9 Å². The molecule has 7 heteroatoms. The lowest BCUT2D eigenvalue weighted by atomic mass is 10.0. The second-order valence-electron chi connectivity index (χ2n) is 8.10. The maximum atomic E-state index is 12.7. The number of carbonyl (C=O) groups is 2. The Hall–Kier alpha value is -2.28. The largest absolute Gasteiger partial charge is 0.312 e. The summed E-state index contributed by atoms with van der Waals surface area (Å²) >= 11 is 1.45. The van der Waals surface area contributed by atoms with Crippen LogP contribution in [-0.4, -0.2) is 28.6 Å². The lowest BCUT2D eigenvalue weighted by Gasteiger charge is -2.17. The Morgan fingerprint density at radius 1 is 1.21 bits per heavy atom. The summed E-state index contributed by atoms with van der Waals surface area (Å²) in [6.45, 7) is 2.51. The van der Waals surface area contributed by atoms with Crippen LogP contribution in [-0.2, 0) is 22.4 Å². The minimum absolute atomic E-state index is 0.0103. The summed E-state index contributed by atoms with van der Waals surface area (Å²) < 4.78 is 0. The highest BCUT2D eigenvalue weighted by Gasteiger charge is 2.35. The Balaban J connectivity index is 1.31. The molecule has 0 spiro atoms. The highest BCUT2D eigenvalue weighted by atomic mass is 32.1. The summed E-state index contributed by atoms with van der Waals surface area (Å²) in [7, 11) is 0. The number of carbonyl (C=O) groups excluding carboxylic acids is 2. The van der Waals surface area contributed by atoms with E-state index in [1.807, 2.05) is 24.3 Å². The van der Waals surface area contributed by atoms with Gasteiger partial charge < -0.3 is 10.2 Å². The summed E-state index contributed by atoms with van der Waals surface area (Å²) in [6, 6.07) is 7.98. The van der Waals surface area contributed by atoms with Crippen molar-refractivity contribution in [2.75, 3.05) is 16.8 Å². The number of aryl methyl sites for hydroxylation is 2. The van der Waals surface area contributed by atoms with E-state index in [9.17, 15) is 9.59 Å². The van der Waals surface area contributed by atoms with Gasteiger partial charge in [0.15, 0.2) is 0 Å². The van der Waals surface area contributed by atoms with Crippen LogP contribution in [0, 0.1) is 11.8 Å². The fourth-order valence-electron chi connectivity index (χ4n) is 4.28. The number of rotatable bonds is 7. The van der Waals surface area contributed by atoms with Gasteiger partial charge in [0.1, 0.15) is 5.01 Å². The number of benzene rings is 1. The molecule has 2 aliphatic rings. The van der Waals surface area contributed by atoms with E-state index in [-0.39, 0.29) is 24.2 Å². The van der Waals surface area contributed by atoms with Crippen LogP contribution >= 0.6 is 11.3 Å². The van der Waals surface area contributed by atoms with E-state index in [0.29, 0.717) is 11.7 Å². The molecule has 2 aromatic rings. The van der Waals surface area contributed by atoms with E-state index in [1.165, 1.54) is 42.6 Å². The molecule has 1 aliphatic heterocycles. The van der Waals surface area contributed by atoms with Gasteiger partial charge >= 0.3 is 0 Å². The molecule has 0 bridgehead atoms. The summed E-state index contributed by atoms with van der Waals surface area (Å²) in [4.78, 5) is 26.8. The van der Waals surface area contributed by atoms with Crippen LogP contribution in [0.25, 0.3) is 0 Å². The maximum Gasteiger partial charge on any atom is 0.231 e. The fraction of sp³-hybridized carbons (Fsp3) is 0.545. The molecule has 1 N–H and O–H groups in total. The van der Waals surface area contributed by atoms with Crippen molar-refractivity contribution in [2.45, 2.75) is 58.3 Å². The molecule has 154 valence electrons. The molecule has 1 aliphatic carbocycles. The SMILES string of the molecule is CCc1ccc(N2CC(C(=O)Nc3nnc(CCC4CCCC4)s3)CC2=O)cc1. The number of hydrogen-bond donors (Lipinski definition) is 1. The first kappa shape index (κ1) is 20.0. The van der Waals surface area contributed by atoms with Crippen LogP contribution in [0.5, 0.6) is 0 Å². The van der Waals surface area contributed by atoms with Crippen LogP contribution < -0.4 is 10.2 Å². The van der Waals surface area contributed by atoms with E-state index >= 15 is 0 Å². The van der Waals surface area contributed by atoms with Crippen LogP contribution in [0.1, 0.15) is 56.0 Å². The predicted molar refractivity (Wildman–Crippen MR) is 115 cm³/mol. The minimum atomic E-state index is -0.362. The second kappa shape index (κ2) is 9.03. The predicted octanol–water partition coefficient (Wildman–Crippen LogP) is 4.21. The van der Waals surface area contributed by atoms with Gasteiger partial charge in [0, 0.05) is 25.1 Å². The first-order chi connectivity index (χ1) is 14.1. The molecule has 1 aromatic carbocycles. The van der Waals surface area contributed by atoms with Gasteiger partial charge in [-0.2, -0.15) is 0 Å². The van der Waals surface area contributed by atoms with E-state index < -0.39 is 0 Å². The Labute approximate surface area is 175 Å². The lowest BCUT2D eigenvalue weighted by Crippen LogP contribution is -2.28. The van der Waals surface area contributed by atoms with Gasteiger partial charge in [-0.3, -0.25) is 9.59 Å². The fourth-order valence-corrected chi connectivity index (χ4v) is 5.04. The van der Waals surface area contributed by atoms with Gasteiger partial charge in [-0.05, 0) is 36.5 Å². The zero-order valence-electron chi connectivity index (χ0n) is 16.9. The van der Waals surface area contributed by atoms with Crippen molar-refractivity contribution in [3.63, 3.8) is 0 Å². The maximum absolute atomic E-state index is 12.7. The van der Waals surface area contributed by atoms with Crippen molar-refractivity contribution in [2.24, 2.45) is 11.8 Å². The number of anilines is 2. The Morgan fingerprint density at radius 3 is 2.69 bits per heavy atom.